The van der Waals surface area contributed by atoms with Gasteiger partial charge in [0.1, 0.15) is 0 Å². The maximum atomic E-state index is 9.90. The van der Waals surface area contributed by atoms with Crippen molar-refractivity contribution in [3.63, 3.8) is 0 Å². The summed E-state index contributed by atoms with van der Waals surface area (Å²) >= 11 is 0. The summed E-state index contributed by atoms with van der Waals surface area (Å²) in [7, 11) is 0. The molecule has 0 aromatic heterocycles. The molecule has 4 amide bonds. The molecule has 104 valence electrons. The van der Waals surface area contributed by atoms with E-state index in [-0.39, 0.29) is 25.9 Å². The van der Waals surface area contributed by atoms with E-state index in [4.69, 9.17) is 10.2 Å². The molecule has 0 aliphatic carbocycles. The maximum absolute atomic E-state index is 9.90. The van der Waals surface area contributed by atoms with Crippen molar-refractivity contribution in [1.29, 1.82) is 0 Å². The van der Waals surface area contributed by atoms with Crippen LogP contribution in [-0.2, 0) is 9.59 Å². The van der Waals surface area contributed by atoms with Gasteiger partial charge < -0.3 is 32.3 Å². The maximum Gasteiger partial charge on any atom is 0.312 e. The fraction of sp³-hybridized carbons (Fsp3) is 0.500. The van der Waals surface area contributed by atoms with Gasteiger partial charge in [0.15, 0.2) is 0 Å². The number of nitrogens with one attached hydrogen (secondary N) is 2. The normalized spacial score (nSPS) is 8.44. The van der Waals surface area contributed by atoms with Gasteiger partial charge in [0.05, 0.1) is 12.8 Å². The molecule has 0 rings (SSSR count). The first-order chi connectivity index (χ1) is 8.25. The van der Waals surface area contributed by atoms with Gasteiger partial charge in [0, 0.05) is 13.1 Å². The third-order valence-electron chi connectivity index (χ3n) is 1.28. The molecule has 0 saturated heterocycles. The molecule has 10 heteroatoms. The molecule has 0 fully saturated rings. The molecule has 0 unspecified atom stereocenters. The number of carbonyl (C=O) groups excluding carboxylic acids is 2. The zero-order valence-corrected chi connectivity index (χ0v) is 9.51. The highest BCUT2D eigenvalue weighted by molar-refractivity contribution is 5.73. The molecule has 0 aliphatic heterocycles. The second-order valence-corrected chi connectivity index (χ2v) is 2.87. The van der Waals surface area contributed by atoms with Gasteiger partial charge in [0.25, 0.3) is 0 Å². The Balaban J connectivity index is 0. The van der Waals surface area contributed by atoms with Gasteiger partial charge in [-0.25, -0.2) is 9.59 Å². The van der Waals surface area contributed by atoms with Gasteiger partial charge in [-0.1, -0.05) is 0 Å². The number of nitrogens with two attached hydrogens (primary N) is 2. The highest BCUT2D eigenvalue weighted by Gasteiger charge is 1.96. The van der Waals surface area contributed by atoms with Crippen LogP contribution in [-0.4, -0.2) is 47.3 Å². The molecule has 0 aromatic rings. The smallest absolute Gasteiger partial charge is 0.312 e. The summed E-state index contributed by atoms with van der Waals surface area (Å²) in [5.41, 5.74) is 9.27. The van der Waals surface area contributed by atoms with Gasteiger partial charge in [-0.05, 0) is 0 Å². The highest BCUT2D eigenvalue weighted by Crippen LogP contribution is 1.73. The van der Waals surface area contributed by atoms with Crippen LogP contribution in [0.4, 0.5) is 9.59 Å². The highest BCUT2D eigenvalue weighted by atomic mass is 16.4. The van der Waals surface area contributed by atoms with Crippen LogP contribution in [0.15, 0.2) is 0 Å². The van der Waals surface area contributed by atoms with E-state index in [1.54, 1.807) is 0 Å². The monoisotopic (exact) mass is 264 g/mol. The second-order valence-electron chi connectivity index (χ2n) is 2.87. The zero-order valence-electron chi connectivity index (χ0n) is 9.51. The van der Waals surface area contributed by atoms with E-state index < -0.39 is 24.0 Å². The topological polar surface area (TPSA) is 185 Å². The van der Waals surface area contributed by atoms with Crippen LogP contribution in [0.3, 0.4) is 0 Å². The van der Waals surface area contributed by atoms with Gasteiger partial charge in [0.2, 0.25) is 0 Å². The van der Waals surface area contributed by atoms with Crippen LogP contribution in [0.2, 0.25) is 0 Å². The number of primary amides is 2. The molecule has 0 saturated carbocycles. The lowest BCUT2D eigenvalue weighted by atomic mass is 10.4. The van der Waals surface area contributed by atoms with Crippen molar-refractivity contribution in [2.24, 2.45) is 11.5 Å². The first kappa shape index (κ1) is 17.9. The van der Waals surface area contributed by atoms with Gasteiger partial charge in [-0.15, -0.1) is 0 Å². The quantitative estimate of drug-likeness (QED) is 0.330. The molecule has 0 heterocycles. The number of urea groups is 2. The third-order valence-corrected chi connectivity index (χ3v) is 1.28. The Bertz CT molecular complexity index is 248. The molecule has 0 atom stereocenters. The minimum atomic E-state index is -0.955. The minimum absolute atomic E-state index is 0.0880. The van der Waals surface area contributed by atoms with E-state index in [1.807, 2.05) is 0 Å². The SMILES string of the molecule is NC(=O)NCCC(=O)O.NC(=O)NCCC(=O)O. The Kier molecular flexibility index (Phi) is 10.9. The molecule has 18 heavy (non-hydrogen) atoms. The van der Waals surface area contributed by atoms with Crippen LogP contribution < -0.4 is 22.1 Å². The van der Waals surface area contributed by atoms with Crippen molar-refractivity contribution in [2.45, 2.75) is 12.8 Å². The second kappa shape index (κ2) is 11.0. The van der Waals surface area contributed by atoms with Crippen molar-refractivity contribution in [1.82, 2.24) is 10.6 Å². The summed E-state index contributed by atoms with van der Waals surface area (Å²) in [4.78, 5) is 39.4. The van der Waals surface area contributed by atoms with E-state index in [0.717, 1.165) is 0 Å². The molecular formula is C8H16N4O6. The van der Waals surface area contributed by atoms with E-state index in [2.05, 4.69) is 22.1 Å². The lowest BCUT2D eigenvalue weighted by molar-refractivity contribution is -0.137. The van der Waals surface area contributed by atoms with Crippen molar-refractivity contribution in [3.05, 3.63) is 0 Å². The van der Waals surface area contributed by atoms with Crippen LogP contribution >= 0.6 is 0 Å². The van der Waals surface area contributed by atoms with Crippen LogP contribution in [0.25, 0.3) is 0 Å². The summed E-state index contributed by atoms with van der Waals surface area (Å²) in [6.45, 7) is 0.176. The fourth-order valence-electron chi connectivity index (χ4n) is 0.585. The number of hydrogen-bond donors (Lipinski definition) is 6. The Morgan fingerprint density at radius 3 is 1.22 bits per heavy atom. The van der Waals surface area contributed by atoms with Gasteiger partial charge in [-0.2, -0.15) is 0 Å². The number of amides is 4. The number of aliphatic carboxylic acids is 2. The number of hydrogen-bond acceptors (Lipinski definition) is 4. The van der Waals surface area contributed by atoms with Crippen molar-refractivity contribution in [3.8, 4) is 0 Å². The Morgan fingerprint density at radius 1 is 0.778 bits per heavy atom. The van der Waals surface area contributed by atoms with Crippen molar-refractivity contribution in [2.75, 3.05) is 13.1 Å². The van der Waals surface area contributed by atoms with E-state index in [0.29, 0.717) is 0 Å². The third kappa shape index (κ3) is 23.4. The zero-order chi connectivity index (χ0) is 14.6. The standard InChI is InChI=1S/2C4H8N2O3/c2*5-4(9)6-2-1-3(7)8/h2*1-2H2,(H,7,8)(H3,5,6,9). The van der Waals surface area contributed by atoms with Gasteiger partial charge in [-0.3, -0.25) is 9.59 Å². The van der Waals surface area contributed by atoms with Crippen molar-refractivity contribution >= 4 is 24.0 Å². The number of carboxylic acid groups (broad SMARTS) is 2. The molecule has 8 N–H and O–H groups in total. The largest absolute Gasteiger partial charge is 0.481 e. The fourth-order valence-corrected chi connectivity index (χ4v) is 0.585. The number of rotatable bonds is 6. The van der Waals surface area contributed by atoms with Crippen LogP contribution in [0.5, 0.6) is 0 Å². The van der Waals surface area contributed by atoms with Crippen LogP contribution in [0, 0.1) is 0 Å². The van der Waals surface area contributed by atoms with E-state index in [9.17, 15) is 19.2 Å². The van der Waals surface area contributed by atoms with Gasteiger partial charge >= 0.3 is 24.0 Å². The summed E-state index contributed by atoms with van der Waals surface area (Å²) in [6, 6.07) is -1.40. The summed E-state index contributed by atoms with van der Waals surface area (Å²) in [5, 5.41) is 20.3. The molecule has 0 spiro atoms. The molecule has 0 radical (unpaired) electrons. The lowest BCUT2D eigenvalue weighted by Gasteiger charge is -1.95. The minimum Gasteiger partial charge on any atom is -0.481 e. The Labute approximate surface area is 102 Å². The van der Waals surface area contributed by atoms with Crippen molar-refractivity contribution < 1.29 is 29.4 Å². The predicted octanol–water partition coefficient (Wildman–Crippen LogP) is -1.74. The lowest BCUT2D eigenvalue weighted by Crippen LogP contribution is -2.31. The number of carbonyl (C=O) groups is 4. The summed E-state index contributed by atoms with van der Waals surface area (Å²) in [6.07, 6.45) is -0.189. The molecule has 10 nitrogen and oxygen atoms in total. The molecule has 0 aromatic carbocycles. The average molecular weight is 264 g/mol. The predicted molar refractivity (Wildman–Crippen MR) is 59.7 cm³/mol. The van der Waals surface area contributed by atoms with Crippen LogP contribution in [0.1, 0.15) is 12.8 Å². The molecule has 0 aliphatic rings. The van der Waals surface area contributed by atoms with E-state index in [1.165, 1.54) is 0 Å². The molecule has 0 bridgehead atoms. The Hall–Kier alpha value is -2.52. The average Bonchev–Trinajstić information content (AvgIpc) is 2.15. The first-order valence-corrected chi connectivity index (χ1v) is 4.76. The summed E-state index contributed by atoms with van der Waals surface area (Å²) in [5.74, 6) is -1.91. The molecular weight excluding hydrogens is 248 g/mol. The Morgan fingerprint density at radius 2 is 1.06 bits per heavy atom. The summed E-state index contributed by atoms with van der Waals surface area (Å²) < 4.78 is 0. The first-order valence-electron chi connectivity index (χ1n) is 4.76. The van der Waals surface area contributed by atoms with E-state index >= 15 is 0 Å². The number of carboxylic acids is 2.